The van der Waals surface area contributed by atoms with Crippen LogP contribution < -0.4 is 15.7 Å². The van der Waals surface area contributed by atoms with Crippen molar-refractivity contribution in [1.82, 2.24) is 9.99 Å². The Hall–Kier alpha value is -3.81. The van der Waals surface area contributed by atoms with E-state index in [0.29, 0.717) is 23.0 Å². The van der Waals surface area contributed by atoms with Crippen molar-refractivity contribution in [1.29, 1.82) is 0 Å². The van der Waals surface area contributed by atoms with Gasteiger partial charge in [-0.05, 0) is 42.3 Å². The predicted octanol–water partition coefficient (Wildman–Crippen LogP) is 2.99. The van der Waals surface area contributed by atoms with Crippen molar-refractivity contribution in [2.75, 3.05) is 7.11 Å². The predicted molar refractivity (Wildman–Crippen MR) is 114 cm³/mol. The number of para-hydroxylation sites is 1. The molecule has 3 rings (SSSR count). The molecule has 3 aromatic rings. The third kappa shape index (κ3) is 4.12. The fraction of sp³-hybridized carbons (Fsp3) is 0.227. The summed E-state index contributed by atoms with van der Waals surface area (Å²) in [4.78, 5) is 25.6. The molecular formula is C22H23N3O5. The topological polar surface area (TPSA) is 113 Å². The molecule has 1 aromatic heterocycles. The van der Waals surface area contributed by atoms with Gasteiger partial charge < -0.3 is 19.5 Å². The van der Waals surface area contributed by atoms with Crippen molar-refractivity contribution in [3.05, 3.63) is 63.9 Å². The standard InChI is InChI=1S/C22H23N3O5/c1-3-4-11-25-16-8-6-5-7-15(16)20(27)19(22(25)29)21(28)24-23-13-14-9-10-17(26)18(12-14)30-2/h5-10,12-13,26-27H,3-4,11H2,1-2H3,(H,24,28)/b23-13-. The molecule has 0 aliphatic rings. The molecule has 0 saturated carbocycles. The van der Waals surface area contributed by atoms with E-state index < -0.39 is 11.5 Å². The number of carbonyl (C=O) groups is 1. The zero-order valence-electron chi connectivity index (χ0n) is 16.8. The van der Waals surface area contributed by atoms with Crippen molar-refractivity contribution >= 4 is 23.0 Å². The molecule has 0 aliphatic heterocycles. The van der Waals surface area contributed by atoms with E-state index >= 15 is 0 Å². The average Bonchev–Trinajstić information content (AvgIpc) is 2.75. The number of hydrogen-bond acceptors (Lipinski definition) is 6. The highest BCUT2D eigenvalue weighted by atomic mass is 16.5. The third-order valence-electron chi connectivity index (χ3n) is 4.69. The molecule has 30 heavy (non-hydrogen) atoms. The van der Waals surface area contributed by atoms with E-state index in [1.54, 1.807) is 30.3 Å². The monoisotopic (exact) mass is 409 g/mol. The van der Waals surface area contributed by atoms with Crippen LogP contribution in [0.4, 0.5) is 0 Å². The number of carbonyl (C=O) groups excluding carboxylic acids is 1. The summed E-state index contributed by atoms with van der Waals surface area (Å²) in [5.41, 5.74) is 2.49. The summed E-state index contributed by atoms with van der Waals surface area (Å²) in [6.07, 6.45) is 2.98. The molecule has 0 fully saturated rings. The first kappa shape index (κ1) is 20.9. The average molecular weight is 409 g/mol. The van der Waals surface area contributed by atoms with Crippen molar-refractivity contribution in [2.24, 2.45) is 5.10 Å². The molecule has 156 valence electrons. The number of hydrazone groups is 1. The van der Waals surface area contributed by atoms with Gasteiger partial charge in [0, 0.05) is 11.9 Å². The van der Waals surface area contributed by atoms with Gasteiger partial charge >= 0.3 is 0 Å². The fourth-order valence-corrected chi connectivity index (χ4v) is 3.13. The maximum absolute atomic E-state index is 13.0. The van der Waals surface area contributed by atoms with Crippen LogP contribution in [0.25, 0.3) is 10.9 Å². The second-order valence-corrected chi connectivity index (χ2v) is 6.68. The summed E-state index contributed by atoms with van der Waals surface area (Å²) >= 11 is 0. The molecule has 3 N–H and O–H groups in total. The van der Waals surface area contributed by atoms with Crippen molar-refractivity contribution < 1.29 is 19.7 Å². The minimum absolute atomic E-state index is 0.0209. The van der Waals surface area contributed by atoms with Gasteiger partial charge in [0.1, 0.15) is 11.3 Å². The Bertz CT molecular complexity index is 1170. The van der Waals surface area contributed by atoms with Crippen LogP contribution in [0.1, 0.15) is 35.7 Å². The Balaban J connectivity index is 1.94. The Morgan fingerprint density at radius 1 is 1.23 bits per heavy atom. The van der Waals surface area contributed by atoms with Gasteiger partial charge in [0.15, 0.2) is 11.5 Å². The van der Waals surface area contributed by atoms with Crippen LogP contribution in [-0.2, 0) is 6.54 Å². The van der Waals surface area contributed by atoms with Crippen LogP contribution in [0, 0.1) is 0 Å². The summed E-state index contributed by atoms with van der Waals surface area (Å²) in [6.45, 7) is 2.45. The number of methoxy groups -OCH3 is 1. The summed E-state index contributed by atoms with van der Waals surface area (Å²) in [5.74, 6) is -0.943. The highest BCUT2D eigenvalue weighted by Gasteiger charge is 2.21. The van der Waals surface area contributed by atoms with Crippen molar-refractivity contribution in [2.45, 2.75) is 26.3 Å². The van der Waals surface area contributed by atoms with Crippen LogP contribution >= 0.6 is 0 Å². The second kappa shape index (κ2) is 9.13. The summed E-state index contributed by atoms with van der Waals surface area (Å²) in [7, 11) is 1.42. The molecule has 8 heteroatoms. The highest BCUT2D eigenvalue weighted by Crippen LogP contribution is 2.27. The summed E-state index contributed by atoms with van der Waals surface area (Å²) in [6, 6.07) is 11.5. The van der Waals surface area contributed by atoms with Gasteiger partial charge in [-0.25, -0.2) is 5.43 Å². The lowest BCUT2D eigenvalue weighted by Gasteiger charge is -2.14. The van der Waals surface area contributed by atoms with Gasteiger partial charge in [0.25, 0.3) is 11.5 Å². The van der Waals surface area contributed by atoms with Gasteiger partial charge in [0.2, 0.25) is 0 Å². The lowest BCUT2D eigenvalue weighted by Crippen LogP contribution is -2.31. The molecule has 0 unspecified atom stereocenters. The van der Waals surface area contributed by atoms with E-state index in [1.165, 1.54) is 30.0 Å². The first-order valence-corrected chi connectivity index (χ1v) is 9.52. The summed E-state index contributed by atoms with van der Waals surface area (Å²) < 4.78 is 6.53. The minimum atomic E-state index is -0.810. The zero-order valence-corrected chi connectivity index (χ0v) is 16.8. The van der Waals surface area contributed by atoms with Gasteiger partial charge in [0.05, 0.1) is 18.8 Å². The molecular weight excluding hydrogens is 386 g/mol. The number of benzene rings is 2. The number of aryl methyl sites for hydroxylation is 1. The number of fused-ring (bicyclic) bond motifs is 1. The van der Waals surface area contributed by atoms with Crippen LogP contribution in [0.15, 0.2) is 52.4 Å². The number of ether oxygens (including phenoxy) is 1. The van der Waals surface area contributed by atoms with Crippen molar-refractivity contribution in [3.8, 4) is 17.2 Å². The van der Waals surface area contributed by atoms with Crippen LogP contribution in [0.2, 0.25) is 0 Å². The van der Waals surface area contributed by atoms with Gasteiger partial charge in [-0.15, -0.1) is 0 Å². The number of aromatic nitrogens is 1. The van der Waals surface area contributed by atoms with E-state index in [9.17, 15) is 19.8 Å². The van der Waals surface area contributed by atoms with Gasteiger partial charge in [-0.2, -0.15) is 5.10 Å². The molecule has 0 atom stereocenters. The van der Waals surface area contributed by atoms with Gasteiger partial charge in [-0.1, -0.05) is 25.5 Å². The number of phenolic OH excluding ortho intramolecular Hbond substituents is 1. The SMILES string of the molecule is CCCCn1c(=O)c(C(=O)N/N=C\c2ccc(O)c(OC)c2)c(O)c2ccccc21. The lowest BCUT2D eigenvalue weighted by atomic mass is 10.1. The number of unbranched alkanes of at least 4 members (excludes halogenated alkanes) is 1. The summed E-state index contributed by atoms with van der Waals surface area (Å²) in [5, 5.41) is 24.5. The zero-order chi connectivity index (χ0) is 21.7. The quantitative estimate of drug-likeness (QED) is 0.410. The number of nitrogens with zero attached hydrogens (tertiary/aromatic N) is 2. The molecule has 8 nitrogen and oxygen atoms in total. The number of amides is 1. The molecule has 2 aromatic carbocycles. The number of pyridine rings is 1. The van der Waals surface area contributed by atoms with Gasteiger partial charge in [-0.3, -0.25) is 9.59 Å². The lowest BCUT2D eigenvalue weighted by molar-refractivity contribution is 0.0950. The Morgan fingerprint density at radius 3 is 2.73 bits per heavy atom. The molecule has 1 heterocycles. The van der Waals surface area contributed by atoms with Crippen LogP contribution in [0.5, 0.6) is 17.2 Å². The number of rotatable bonds is 7. The molecule has 0 saturated heterocycles. The first-order valence-electron chi connectivity index (χ1n) is 9.52. The minimum Gasteiger partial charge on any atom is -0.506 e. The number of nitrogens with one attached hydrogen (secondary N) is 1. The van der Waals surface area contributed by atoms with Crippen LogP contribution in [-0.4, -0.2) is 34.0 Å². The van der Waals surface area contributed by atoms with E-state index in [2.05, 4.69) is 10.5 Å². The second-order valence-electron chi connectivity index (χ2n) is 6.68. The normalized spacial score (nSPS) is 11.1. The largest absolute Gasteiger partial charge is 0.506 e. The number of hydrogen-bond donors (Lipinski definition) is 3. The van der Waals surface area contributed by atoms with Crippen molar-refractivity contribution in [3.63, 3.8) is 0 Å². The van der Waals surface area contributed by atoms with Crippen LogP contribution in [0.3, 0.4) is 0 Å². The smallest absolute Gasteiger partial charge is 0.280 e. The molecule has 0 radical (unpaired) electrons. The maximum Gasteiger partial charge on any atom is 0.280 e. The number of aromatic hydroxyl groups is 2. The molecule has 0 aliphatic carbocycles. The van der Waals surface area contributed by atoms with E-state index in [4.69, 9.17) is 4.74 Å². The Labute approximate surface area is 173 Å². The highest BCUT2D eigenvalue weighted by molar-refractivity contribution is 6.02. The first-order chi connectivity index (χ1) is 14.5. The molecule has 0 bridgehead atoms. The third-order valence-corrected chi connectivity index (χ3v) is 4.69. The Morgan fingerprint density at radius 2 is 2.00 bits per heavy atom. The number of phenols is 1. The molecule has 0 spiro atoms. The van der Waals surface area contributed by atoms with E-state index in [1.807, 2.05) is 6.92 Å². The molecule has 1 amide bonds. The fourth-order valence-electron chi connectivity index (χ4n) is 3.13. The Kier molecular flexibility index (Phi) is 6.36. The van der Waals surface area contributed by atoms with E-state index in [0.717, 1.165) is 12.8 Å². The van der Waals surface area contributed by atoms with E-state index in [-0.39, 0.29) is 22.8 Å². The maximum atomic E-state index is 13.0.